The van der Waals surface area contributed by atoms with Crippen molar-refractivity contribution < 1.29 is 22.3 Å². The molecule has 3 aromatic rings. The minimum atomic E-state index is -2.86. The van der Waals surface area contributed by atoms with Gasteiger partial charge in [-0.2, -0.15) is 0 Å². The van der Waals surface area contributed by atoms with Crippen LogP contribution in [0.25, 0.3) is 22.3 Å². The number of hydrogen-bond donors (Lipinski definition) is 1. The van der Waals surface area contributed by atoms with Gasteiger partial charge < -0.3 is 10.5 Å². The molecule has 2 atom stereocenters. The molecular weight excluding hydrogens is 474 g/mol. The molecule has 1 aliphatic heterocycles. The second-order valence-electron chi connectivity index (χ2n) is 9.14. The van der Waals surface area contributed by atoms with E-state index in [4.69, 9.17) is 10.5 Å². The summed E-state index contributed by atoms with van der Waals surface area (Å²) in [6.45, 7) is 1.90. The van der Waals surface area contributed by atoms with Crippen molar-refractivity contribution in [1.82, 2.24) is 15.0 Å². The third-order valence-corrected chi connectivity index (χ3v) is 6.52. The highest BCUT2D eigenvalue weighted by Crippen LogP contribution is 2.36. The fourth-order valence-electron chi connectivity index (χ4n) is 4.41. The second-order valence-corrected chi connectivity index (χ2v) is 9.14. The zero-order chi connectivity index (χ0) is 25.4. The molecule has 2 unspecified atom stereocenters. The largest absolute Gasteiger partial charge is 0.404 e. The Morgan fingerprint density at radius 1 is 1.14 bits per heavy atom. The average Bonchev–Trinajstić information content (AvgIpc) is 3.68. The molecule has 10 heteroatoms. The molecule has 0 radical (unpaired) electrons. The van der Waals surface area contributed by atoms with Crippen LogP contribution >= 0.6 is 0 Å². The number of rotatable bonds is 6. The minimum Gasteiger partial charge on any atom is -0.404 e. The van der Waals surface area contributed by atoms with E-state index in [1.54, 1.807) is 12.3 Å². The molecule has 6 nitrogen and oxygen atoms in total. The van der Waals surface area contributed by atoms with E-state index in [1.165, 1.54) is 19.2 Å². The predicted molar refractivity (Wildman–Crippen MR) is 128 cm³/mol. The Morgan fingerprint density at radius 2 is 1.94 bits per heavy atom. The van der Waals surface area contributed by atoms with Gasteiger partial charge in [0.15, 0.2) is 0 Å². The monoisotopic (exact) mass is 499 g/mol. The summed E-state index contributed by atoms with van der Waals surface area (Å²) in [6.07, 6.45) is 3.42. The first kappa shape index (κ1) is 24.3. The highest BCUT2D eigenvalue weighted by atomic mass is 19.3. The van der Waals surface area contributed by atoms with E-state index in [1.807, 2.05) is 0 Å². The first-order valence-electron chi connectivity index (χ1n) is 11.8. The number of pyridine rings is 1. The third kappa shape index (κ3) is 4.95. The molecule has 1 aliphatic carbocycles. The number of nitrogens with zero attached hydrogens (tertiary/aromatic N) is 4. The molecule has 5 rings (SSSR count). The van der Waals surface area contributed by atoms with Gasteiger partial charge in [0.2, 0.25) is 0 Å². The molecule has 2 aromatic heterocycles. The van der Waals surface area contributed by atoms with Crippen LogP contribution in [0.2, 0.25) is 0 Å². The normalized spacial score (nSPS) is 21.1. The van der Waals surface area contributed by atoms with E-state index < -0.39 is 23.8 Å². The molecule has 0 amide bonds. The maximum absolute atomic E-state index is 14.8. The van der Waals surface area contributed by atoms with E-state index in [0.717, 1.165) is 30.5 Å². The van der Waals surface area contributed by atoms with Gasteiger partial charge in [-0.05, 0) is 50.8 Å². The van der Waals surface area contributed by atoms with Crippen molar-refractivity contribution in [3.8, 4) is 11.3 Å². The molecule has 36 heavy (non-hydrogen) atoms. The van der Waals surface area contributed by atoms with Crippen LogP contribution in [0.3, 0.4) is 0 Å². The Balaban J connectivity index is 1.58. The number of ether oxygens (including phenoxy) is 1. The van der Waals surface area contributed by atoms with Gasteiger partial charge >= 0.3 is 0 Å². The number of aliphatic imine (C=N–C) groups is 1. The molecule has 2 N–H and O–H groups in total. The third-order valence-electron chi connectivity index (χ3n) is 6.52. The number of aryl methyl sites for hydroxylation is 1. The second kappa shape index (κ2) is 9.93. The number of nitrogens with two attached hydrogens (primary N) is 1. The van der Waals surface area contributed by atoms with E-state index >= 15 is 0 Å². The van der Waals surface area contributed by atoms with Gasteiger partial charge in [-0.15, -0.1) is 0 Å². The maximum atomic E-state index is 14.8. The van der Waals surface area contributed by atoms with Gasteiger partial charge in [0.25, 0.3) is 6.43 Å². The maximum Gasteiger partial charge on any atom is 0.282 e. The Labute approximate surface area is 205 Å². The van der Waals surface area contributed by atoms with Gasteiger partial charge in [0, 0.05) is 47.8 Å². The molecule has 188 valence electrons. The molecule has 0 bridgehead atoms. The topological polar surface area (TPSA) is 86.3 Å². The quantitative estimate of drug-likeness (QED) is 0.355. The van der Waals surface area contributed by atoms with Gasteiger partial charge in [-0.3, -0.25) is 4.99 Å². The van der Waals surface area contributed by atoms with Gasteiger partial charge in [-0.25, -0.2) is 32.5 Å². The summed E-state index contributed by atoms with van der Waals surface area (Å²) in [5.41, 5.74) is 7.16. The van der Waals surface area contributed by atoms with Crippen LogP contribution in [0.5, 0.6) is 0 Å². The van der Waals surface area contributed by atoms with Crippen molar-refractivity contribution in [3.05, 3.63) is 64.8 Å². The number of fused-ring (bicyclic) bond motifs is 1. The number of alkyl halides is 2. The number of hydrogen-bond acceptors (Lipinski definition) is 6. The fourth-order valence-corrected chi connectivity index (χ4v) is 4.41. The SMILES string of the molecule is Cc1nc2cc(C3CCOC(/C(C=NC4CC4)=C/N)C3)nc(-c3ccc(F)cc3F)c2nc1C(F)F. The Kier molecular flexibility index (Phi) is 6.70. The van der Waals surface area contributed by atoms with Crippen LogP contribution < -0.4 is 5.73 Å². The van der Waals surface area contributed by atoms with Crippen LogP contribution in [-0.4, -0.2) is 39.9 Å². The minimum absolute atomic E-state index is 0.0351. The Bertz CT molecular complexity index is 1360. The predicted octanol–water partition coefficient (Wildman–Crippen LogP) is 5.55. The lowest BCUT2D eigenvalue weighted by Gasteiger charge is -2.30. The van der Waals surface area contributed by atoms with Crippen molar-refractivity contribution >= 4 is 17.2 Å². The number of benzene rings is 1. The average molecular weight is 500 g/mol. The van der Waals surface area contributed by atoms with Gasteiger partial charge in [-0.1, -0.05) is 0 Å². The van der Waals surface area contributed by atoms with E-state index in [2.05, 4.69) is 19.9 Å². The fraction of sp³-hybridized carbons (Fsp3) is 0.385. The molecule has 3 heterocycles. The van der Waals surface area contributed by atoms with Crippen LogP contribution in [0.4, 0.5) is 17.6 Å². The lowest BCUT2D eigenvalue weighted by Crippen LogP contribution is -2.28. The first-order valence-corrected chi connectivity index (χ1v) is 11.8. The molecule has 1 saturated heterocycles. The number of aromatic nitrogens is 3. The summed E-state index contributed by atoms with van der Waals surface area (Å²) >= 11 is 0. The smallest absolute Gasteiger partial charge is 0.282 e. The van der Waals surface area contributed by atoms with Crippen LogP contribution in [-0.2, 0) is 4.74 Å². The summed E-state index contributed by atoms with van der Waals surface area (Å²) < 4.78 is 61.5. The van der Waals surface area contributed by atoms with Crippen LogP contribution in [0.1, 0.15) is 55.1 Å². The van der Waals surface area contributed by atoms with Crippen LogP contribution in [0, 0.1) is 18.6 Å². The highest BCUT2D eigenvalue weighted by molar-refractivity contribution is 5.90. The van der Waals surface area contributed by atoms with Gasteiger partial charge in [0.1, 0.15) is 28.5 Å². The zero-order valence-electron chi connectivity index (χ0n) is 19.6. The summed E-state index contributed by atoms with van der Waals surface area (Å²) in [6, 6.07) is 5.10. The standard InChI is InChI=1S/C26H25F4N5O/c1-13-23(26(29)30)35-25-21(33-13)10-20(34-24(25)18-5-2-16(27)9-19(18)28)14-6-7-36-22(8-14)15(11-31)12-32-17-3-4-17/h2,5,9-12,14,17,22,26H,3-4,6-8,31H2,1H3/b15-11+,32-12?. The van der Waals surface area contributed by atoms with Crippen molar-refractivity contribution in [2.24, 2.45) is 10.7 Å². The summed E-state index contributed by atoms with van der Waals surface area (Å²) in [7, 11) is 0. The van der Waals surface area contributed by atoms with Crippen molar-refractivity contribution in [3.63, 3.8) is 0 Å². The zero-order valence-corrected chi connectivity index (χ0v) is 19.6. The van der Waals surface area contributed by atoms with Crippen molar-refractivity contribution in [1.29, 1.82) is 0 Å². The molecule has 2 fully saturated rings. The molecule has 1 saturated carbocycles. The molecule has 2 aliphatic rings. The van der Waals surface area contributed by atoms with E-state index in [0.29, 0.717) is 36.7 Å². The van der Waals surface area contributed by atoms with Crippen molar-refractivity contribution in [2.45, 2.75) is 57.1 Å². The molecule has 1 aromatic carbocycles. The Hall–Kier alpha value is -3.40. The van der Waals surface area contributed by atoms with Gasteiger partial charge in [0.05, 0.1) is 23.4 Å². The van der Waals surface area contributed by atoms with E-state index in [9.17, 15) is 17.6 Å². The highest BCUT2D eigenvalue weighted by Gasteiger charge is 2.29. The summed E-state index contributed by atoms with van der Waals surface area (Å²) in [5.74, 6) is -1.72. The molecule has 0 spiro atoms. The summed E-state index contributed by atoms with van der Waals surface area (Å²) in [5, 5.41) is 0. The van der Waals surface area contributed by atoms with Crippen LogP contribution in [0.15, 0.2) is 41.0 Å². The lowest BCUT2D eigenvalue weighted by molar-refractivity contribution is 0.0321. The summed E-state index contributed by atoms with van der Waals surface area (Å²) in [4.78, 5) is 17.6. The van der Waals surface area contributed by atoms with Crippen molar-refractivity contribution in [2.75, 3.05) is 6.61 Å². The lowest BCUT2D eigenvalue weighted by atomic mass is 9.89. The van der Waals surface area contributed by atoms with E-state index in [-0.39, 0.29) is 34.5 Å². The Morgan fingerprint density at radius 3 is 2.64 bits per heavy atom. The first-order chi connectivity index (χ1) is 17.3. The number of halogens is 4. The molecular formula is C26H25F4N5O.